The fraction of sp³-hybridized carbons (Fsp3) is 0.476. The highest BCUT2D eigenvalue weighted by molar-refractivity contribution is 6.91. The fourth-order valence-electron chi connectivity index (χ4n) is 9.53. The number of methoxy groups -OCH3 is 2. The van der Waals surface area contributed by atoms with Gasteiger partial charge in [0.2, 0.25) is 5.91 Å². The number of unbranched alkanes of at least 4 members (excludes halogenated alkanes) is 1. The minimum absolute atomic E-state index is 0.0661. The highest BCUT2D eigenvalue weighted by Crippen LogP contribution is 2.60. The van der Waals surface area contributed by atoms with Crippen LogP contribution in [-0.2, 0) is 34.3 Å². The minimum Gasteiger partial charge on any atom is -0.497 e. The van der Waals surface area contributed by atoms with E-state index in [0.29, 0.717) is 54.3 Å². The zero-order valence-corrected chi connectivity index (χ0v) is 33.3. The first-order valence-electron chi connectivity index (χ1n) is 19.3. The van der Waals surface area contributed by atoms with E-state index in [1.54, 1.807) is 21.8 Å². The molecule has 0 unspecified atom stereocenters. The van der Waals surface area contributed by atoms with Gasteiger partial charge in [-0.15, -0.1) is 0 Å². The first-order valence-corrected chi connectivity index (χ1v) is 22.3. The van der Waals surface area contributed by atoms with Crippen LogP contribution in [0.1, 0.15) is 51.0 Å². The summed E-state index contributed by atoms with van der Waals surface area (Å²) >= 11 is 0. The third-order valence-corrected chi connectivity index (χ3v) is 16.7. The molecule has 0 bridgehead atoms. The molecule has 1 N–H and O–H groups in total. The average molecular weight is 770 g/mol. The van der Waals surface area contributed by atoms with Crippen LogP contribution < -0.4 is 24.5 Å². The third kappa shape index (κ3) is 6.69. The number of anilines is 3. The van der Waals surface area contributed by atoms with Gasteiger partial charge in [-0.05, 0) is 73.7 Å². The van der Waals surface area contributed by atoms with Gasteiger partial charge in [0.05, 0.1) is 58.8 Å². The zero-order valence-electron chi connectivity index (χ0n) is 32.3. The van der Waals surface area contributed by atoms with Crippen molar-refractivity contribution in [1.82, 2.24) is 4.90 Å². The summed E-state index contributed by atoms with van der Waals surface area (Å²) in [4.78, 5) is 60.1. The van der Waals surface area contributed by atoms with Crippen molar-refractivity contribution in [3.8, 4) is 11.5 Å². The maximum Gasteiger partial charge on any atom is 0.305 e. The van der Waals surface area contributed by atoms with Crippen molar-refractivity contribution in [1.29, 1.82) is 0 Å². The van der Waals surface area contributed by atoms with Crippen molar-refractivity contribution in [2.24, 2.45) is 5.92 Å². The molecule has 292 valence electrons. The number of hydrogen-bond donors (Lipinski definition) is 1. The highest BCUT2D eigenvalue weighted by Gasteiger charge is 2.66. The molecule has 3 amide bonds. The molecule has 0 aliphatic carbocycles. The Balaban J connectivity index is 1.34. The average Bonchev–Trinajstić information content (AvgIpc) is 3.86. The second-order valence-corrected chi connectivity index (χ2v) is 20.3. The second kappa shape index (κ2) is 15.4. The number of para-hydroxylation sites is 2. The number of carbonyl (C=O) groups excluding carboxylic acids is 4. The van der Waals surface area contributed by atoms with Gasteiger partial charge in [-0.1, -0.05) is 49.5 Å². The van der Waals surface area contributed by atoms with Crippen LogP contribution in [0.4, 0.5) is 17.1 Å². The number of likely N-dealkylation sites (tertiary alicyclic amines) is 1. The van der Waals surface area contributed by atoms with Gasteiger partial charge in [-0.3, -0.25) is 24.1 Å². The van der Waals surface area contributed by atoms with E-state index in [-0.39, 0.29) is 67.2 Å². The standard InChI is InChI=1S/C42H51N3O9Si/c1-27-40(55(4,5)31-18-16-30(51-2)17-19-31)36(24-37(47)43-22-10-11-29(43)25-46)54-42(27)32-23-28(45-34-12-6-7-13-35(34)53-26-38(45)48)15-20-33(32)44(41(42)50)21-9-8-14-39(49)52-3/h6-7,12-13,15-20,23,27,29,36,40,46H,8-11,14,21-22,24-26H2,1-5H3/t27-,29+,36+,40-,42+/m1/s1. The van der Waals surface area contributed by atoms with E-state index in [2.05, 4.69) is 32.2 Å². The normalized spacial score (nSPS) is 24.6. The molecule has 0 aromatic heterocycles. The summed E-state index contributed by atoms with van der Waals surface area (Å²) in [5, 5.41) is 11.3. The highest BCUT2D eigenvalue weighted by atomic mass is 28.3. The number of esters is 1. The molecule has 3 aromatic carbocycles. The summed E-state index contributed by atoms with van der Waals surface area (Å²) in [5.74, 6) is 0.0925. The summed E-state index contributed by atoms with van der Waals surface area (Å²) in [6, 6.07) is 20.8. The molecule has 0 radical (unpaired) electrons. The van der Waals surface area contributed by atoms with E-state index in [4.69, 9.17) is 18.9 Å². The van der Waals surface area contributed by atoms with E-state index < -0.39 is 19.8 Å². The SMILES string of the molecule is COC(=O)CCCCN1C(=O)[C@@]2(O[C@@H](CC(=O)N3CCC[C@H]3CO)[C@H]([Si](C)(C)c3ccc(OC)cc3)[C@H]2C)c2cc(N3C(=O)COc4ccccc43)ccc21. The summed E-state index contributed by atoms with van der Waals surface area (Å²) in [6.07, 6.45) is 2.34. The number of benzene rings is 3. The van der Waals surface area contributed by atoms with Crippen LogP contribution in [0.2, 0.25) is 18.6 Å². The number of carbonyl (C=O) groups is 4. The van der Waals surface area contributed by atoms with Crippen LogP contribution in [0, 0.1) is 5.92 Å². The maximum absolute atomic E-state index is 15.3. The molecular formula is C42H51N3O9Si. The van der Waals surface area contributed by atoms with E-state index in [9.17, 15) is 19.5 Å². The molecule has 4 aliphatic heterocycles. The third-order valence-electron chi connectivity index (χ3n) is 12.3. The summed E-state index contributed by atoms with van der Waals surface area (Å²) in [7, 11) is 0.435. The van der Waals surface area contributed by atoms with Crippen LogP contribution in [0.15, 0.2) is 66.7 Å². The summed E-state index contributed by atoms with van der Waals surface area (Å²) in [6.45, 7) is 7.30. The van der Waals surface area contributed by atoms with E-state index in [1.165, 1.54) is 7.11 Å². The molecule has 55 heavy (non-hydrogen) atoms. The molecule has 5 atom stereocenters. The number of amides is 3. The van der Waals surface area contributed by atoms with Crippen molar-refractivity contribution < 1.29 is 43.2 Å². The van der Waals surface area contributed by atoms with Gasteiger partial charge in [0.15, 0.2) is 12.2 Å². The Bertz CT molecular complexity index is 1950. The molecule has 4 heterocycles. The number of aliphatic hydroxyl groups excluding tert-OH is 1. The smallest absolute Gasteiger partial charge is 0.305 e. The number of ether oxygens (including phenoxy) is 4. The fourth-order valence-corrected chi connectivity index (χ4v) is 13.5. The quantitative estimate of drug-likeness (QED) is 0.153. The maximum atomic E-state index is 15.3. The molecule has 1 spiro atoms. The molecule has 4 aliphatic rings. The molecule has 7 rings (SSSR count). The largest absolute Gasteiger partial charge is 0.497 e. The Labute approximate surface area is 323 Å². The zero-order chi connectivity index (χ0) is 39.1. The predicted octanol–water partition coefficient (Wildman–Crippen LogP) is 5.03. The van der Waals surface area contributed by atoms with Crippen LogP contribution in [0.5, 0.6) is 11.5 Å². The van der Waals surface area contributed by atoms with Crippen molar-refractivity contribution in [2.45, 2.75) is 81.8 Å². The molecule has 2 saturated heterocycles. The first kappa shape index (κ1) is 38.5. The van der Waals surface area contributed by atoms with Crippen LogP contribution in [0.25, 0.3) is 0 Å². The van der Waals surface area contributed by atoms with E-state index in [1.807, 2.05) is 54.6 Å². The lowest BCUT2D eigenvalue weighted by Crippen LogP contribution is -2.52. The van der Waals surface area contributed by atoms with Crippen LogP contribution in [0.3, 0.4) is 0 Å². The summed E-state index contributed by atoms with van der Waals surface area (Å²) in [5.41, 5.74) is 0.876. The lowest BCUT2D eigenvalue weighted by molar-refractivity contribution is -0.150. The predicted molar refractivity (Wildman–Crippen MR) is 210 cm³/mol. The molecule has 13 heteroatoms. The van der Waals surface area contributed by atoms with Gasteiger partial charge in [-0.2, -0.15) is 0 Å². The van der Waals surface area contributed by atoms with E-state index >= 15 is 4.79 Å². The lowest BCUT2D eigenvalue weighted by Gasteiger charge is -2.37. The van der Waals surface area contributed by atoms with Gasteiger partial charge in [-0.25, -0.2) is 0 Å². The van der Waals surface area contributed by atoms with E-state index in [0.717, 1.165) is 23.8 Å². The Kier molecular flexibility index (Phi) is 10.8. The number of rotatable bonds is 12. The minimum atomic E-state index is -2.56. The van der Waals surface area contributed by atoms with Crippen molar-refractivity contribution >= 4 is 54.0 Å². The Morgan fingerprint density at radius 1 is 1.00 bits per heavy atom. The number of nitrogens with zero attached hydrogens (tertiary/aromatic N) is 3. The van der Waals surface area contributed by atoms with Crippen LogP contribution >= 0.6 is 0 Å². The van der Waals surface area contributed by atoms with Gasteiger partial charge in [0, 0.05) is 36.7 Å². The Hall–Kier alpha value is -4.72. The molecular weight excluding hydrogens is 719 g/mol. The first-order chi connectivity index (χ1) is 26.5. The van der Waals surface area contributed by atoms with Gasteiger partial charge < -0.3 is 33.9 Å². The van der Waals surface area contributed by atoms with Crippen molar-refractivity contribution in [3.05, 3.63) is 72.3 Å². The van der Waals surface area contributed by atoms with Crippen molar-refractivity contribution in [3.63, 3.8) is 0 Å². The van der Waals surface area contributed by atoms with Crippen molar-refractivity contribution in [2.75, 3.05) is 50.3 Å². The monoisotopic (exact) mass is 769 g/mol. The van der Waals surface area contributed by atoms with Gasteiger partial charge in [0.25, 0.3) is 11.8 Å². The summed E-state index contributed by atoms with van der Waals surface area (Å²) < 4.78 is 23.4. The Morgan fingerprint density at radius 3 is 2.49 bits per heavy atom. The molecule has 0 saturated carbocycles. The Morgan fingerprint density at radius 2 is 1.76 bits per heavy atom. The van der Waals surface area contributed by atoms with Crippen LogP contribution in [-0.4, -0.2) is 94.4 Å². The number of hydrogen-bond acceptors (Lipinski definition) is 9. The lowest BCUT2D eigenvalue weighted by atomic mass is 9.82. The number of fused-ring (bicyclic) bond motifs is 3. The molecule has 12 nitrogen and oxygen atoms in total. The molecule has 2 fully saturated rings. The second-order valence-electron chi connectivity index (χ2n) is 15.6. The van der Waals surface area contributed by atoms with Gasteiger partial charge >= 0.3 is 5.97 Å². The number of aliphatic hydroxyl groups is 1. The van der Waals surface area contributed by atoms with Gasteiger partial charge in [0.1, 0.15) is 11.5 Å². The molecule has 3 aromatic rings. The topological polar surface area (TPSA) is 135 Å².